The predicted octanol–water partition coefficient (Wildman–Crippen LogP) is 5.71. The van der Waals surface area contributed by atoms with E-state index in [4.69, 9.17) is 32.7 Å². The third-order valence-electron chi connectivity index (χ3n) is 5.27. The van der Waals surface area contributed by atoms with Gasteiger partial charge in [0.05, 0.1) is 34.0 Å². The topological polar surface area (TPSA) is 67.9 Å². The van der Waals surface area contributed by atoms with E-state index in [9.17, 15) is 9.59 Å². The Labute approximate surface area is 198 Å². The lowest BCUT2D eigenvalue weighted by Gasteiger charge is -2.34. The first-order valence-electron chi connectivity index (χ1n) is 10.3. The molecule has 170 valence electrons. The molecule has 2 aromatic carbocycles. The lowest BCUT2D eigenvalue weighted by Crippen LogP contribution is -2.48. The van der Waals surface area contributed by atoms with Crippen LogP contribution in [-0.2, 0) is 9.53 Å². The molecule has 1 aliphatic rings. The highest BCUT2D eigenvalue weighted by Crippen LogP contribution is 2.34. The van der Waals surface area contributed by atoms with Crippen LogP contribution in [0.1, 0.15) is 43.9 Å². The number of esters is 1. The Morgan fingerprint density at radius 2 is 1.81 bits per heavy atom. The summed E-state index contributed by atoms with van der Waals surface area (Å²) in [7, 11) is 1.58. The highest BCUT2D eigenvalue weighted by atomic mass is 35.5. The van der Waals surface area contributed by atoms with Crippen molar-refractivity contribution in [3.63, 3.8) is 0 Å². The van der Waals surface area contributed by atoms with Crippen molar-refractivity contribution in [2.75, 3.05) is 20.3 Å². The fourth-order valence-electron chi connectivity index (χ4n) is 3.42. The average molecular weight is 477 g/mol. The summed E-state index contributed by atoms with van der Waals surface area (Å²) < 4.78 is 11.3. The van der Waals surface area contributed by atoms with Crippen LogP contribution in [0, 0.1) is 0 Å². The fourth-order valence-corrected chi connectivity index (χ4v) is 3.73. The minimum Gasteiger partial charge on any atom is -0.487 e. The number of carbonyl (C=O) groups is 2. The molecule has 0 saturated carbocycles. The van der Waals surface area contributed by atoms with Gasteiger partial charge in [-0.05, 0) is 48.2 Å². The van der Waals surface area contributed by atoms with E-state index < -0.39 is 12.0 Å². The van der Waals surface area contributed by atoms with Crippen LogP contribution in [0.2, 0.25) is 10.0 Å². The molecule has 1 aliphatic heterocycles. The van der Waals surface area contributed by atoms with Gasteiger partial charge in [0, 0.05) is 7.05 Å². The maximum Gasteiger partial charge on any atom is 0.338 e. The Bertz CT molecular complexity index is 1030. The summed E-state index contributed by atoms with van der Waals surface area (Å²) in [6.45, 7) is 6.16. The highest BCUT2D eigenvalue weighted by Gasteiger charge is 2.37. The van der Waals surface area contributed by atoms with E-state index in [0.29, 0.717) is 33.0 Å². The summed E-state index contributed by atoms with van der Waals surface area (Å²) in [6, 6.07) is 11.6. The van der Waals surface area contributed by atoms with Crippen molar-refractivity contribution >= 4 is 35.2 Å². The van der Waals surface area contributed by atoms with Crippen molar-refractivity contribution in [3.05, 3.63) is 74.9 Å². The van der Waals surface area contributed by atoms with E-state index in [1.165, 1.54) is 10.5 Å². The highest BCUT2D eigenvalue weighted by molar-refractivity contribution is 6.42. The Hall–Kier alpha value is -2.70. The molecule has 32 heavy (non-hydrogen) atoms. The molecule has 1 heterocycles. The Kier molecular flexibility index (Phi) is 7.69. The fraction of sp³-hybridized carbons (Fsp3) is 0.333. The van der Waals surface area contributed by atoms with Gasteiger partial charge in [0.15, 0.2) is 0 Å². The first-order valence-corrected chi connectivity index (χ1v) is 11.1. The smallest absolute Gasteiger partial charge is 0.338 e. The van der Waals surface area contributed by atoms with E-state index in [0.717, 1.165) is 0 Å². The molecule has 0 aliphatic carbocycles. The van der Waals surface area contributed by atoms with Crippen LogP contribution in [0.25, 0.3) is 0 Å². The number of rotatable bonds is 7. The number of likely N-dealkylation sites (N-methyl/N-ethyl adjacent to an activating group) is 1. The molecule has 0 aromatic heterocycles. The molecule has 3 rings (SSSR count). The number of halogens is 2. The average Bonchev–Trinajstić information content (AvgIpc) is 2.76. The number of nitrogens with one attached hydrogen (secondary N) is 1. The first kappa shape index (κ1) is 24.0. The van der Waals surface area contributed by atoms with Gasteiger partial charge in [-0.15, -0.1) is 0 Å². The summed E-state index contributed by atoms with van der Waals surface area (Å²) in [5, 5.41) is 3.54. The lowest BCUT2D eigenvalue weighted by molar-refractivity contribution is -0.139. The minimum absolute atomic E-state index is 0.0108. The molecule has 0 saturated heterocycles. The number of nitrogens with zero attached hydrogens (tertiary/aromatic N) is 1. The molecule has 0 fully saturated rings. The molecule has 2 amide bonds. The third kappa shape index (κ3) is 5.19. The van der Waals surface area contributed by atoms with Crippen LogP contribution >= 0.6 is 23.2 Å². The molecule has 0 bridgehead atoms. The van der Waals surface area contributed by atoms with Crippen LogP contribution in [0.4, 0.5) is 4.79 Å². The van der Waals surface area contributed by atoms with Gasteiger partial charge >= 0.3 is 12.0 Å². The molecule has 1 atom stereocenters. The molecule has 0 spiro atoms. The van der Waals surface area contributed by atoms with Gasteiger partial charge in [-0.25, -0.2) is 9.59 Å². The molecule has 1 N–H and O–H groups in total. The molecular weight excluding hydrogens is 451 g/mol. The zero-order chi connectivity index (χ0) is 23.4. The van der Waals surface area contributed by atoms with E-state index in [-0.39, 0.29) is 24.8 Å². The van der Waals surface area contributed by atoms with Crippen molar-refractivity contribution in [1.29, 1.82) is 0 Å². The number of amides is 2. The standard InChI is InChI=1S/C24H26Cl2N2O4/c1-5-31-23(29)21-20(13-32-17-9-6-15(7-10-17)14(2)3)28(4)24(30)27-22(21)16-8-11-18(25)19(26)12-16/h6-12,14,22H,5,13H2,1-4H3,(H,27,30)/t22-/m1/s1. The normalized spacial score (nSPS) is 16.3. The van der Waals surface area contributed by atoms with Gasteiger partial charge in [0.25, 0.3) is 0 Å². The van der Waals surface area contributed by atoms with Crippen LogP contribution in [-0.4, -0.2) is 37.2 Å². The van der Waals surface area contributed by atoms with E-state index in [1.54, 1.807) is 32.2 Å². The third-order valence-corrected chi connectivity index (χ3v) is 6.01. The van der Waals surface area contributed by atoms with Gasteiger partial charge in [-0.2, -0.15) is 0 Å². The molecule has 0 unspecified atom stereocenters. The van der Waals surface area contributed by atoms with Gasteiger partial charge in [0.2, 0.25) is 0 Å². The SMILES string of the molecule is CCOC(=O)C1=C(COc2ccc(C(C)C)cc2)N(C)C(=O)N[C@@H]1c1ccc(Cl)c(Cl)c1. The van der Waals surface area contributed by atoms with Crippen LogP contribution in [0.5, 0.6) is 5.75 Å². The van der Waals surface area contributed by atoms with Crippen LogP contribution in [0.3, 0.4) is 0 Å². The Balaban J connectivity index is 2.00. The number of carbonyl (C=O) groups excluding carboxylic acids is 2. The maximum atomic E-state index is 13.0. The zero-order valence-corrected chi connectivity index (χ0v) is 20.0. The second-order valence-corrected chi connectivity index (χ2v) is 8.52. The minimum atomic E-state index is -0.755. The Morgan fingerprint density at radius 3 is 2.41 bits per heavy atom. The second-order valence-electron chi connectivity index (χ2n) is 7.71. The number of hydrogen-bond acceptors (Lipinski definition) is 4. The van der Waals surface area contributed by atoms with Crippen LogP contribution in [0.15, 0.2) is 53.7 Å². The molecular formula is C24H26Cl2N2O4. The van der Waals surface area contributed by atoms with Crippen molar-refractivity contribution in [3.8, 4) is 5.75 Å². The monoisotopic (exact) mass is 476 g/mol. The summed E-state index contributed by atoms with van der Waals surface area (Å²) in [6.07, 6.45) is 0. The molecule has 0 radical (unpaired) electrons. The van der Waals surface area contributed by atoms with Gasteiger partial charge in [0.1, 0.15) is 12.4 Å². The van der Waals surface area contributed by atoms with Gasteiger partial charge in [-0.1, -0.05) is 55.2 Å². The van der Waals surface area contributed by atoms with Crippen molar-refractivity contribution in [2.45, 2.75) is 32.7 Å². The number of ether oxygens (including phenoxy) is 2. The van der Waals surface area contributed by atoms with Crippen molar-refractivity contribution < 1.29 is 19.1 Å². The van der Waals surface area contributed by atoms with Gasteiger partial charge in [-0.3, -0.25) is 4.90 Å². The van der Waals surface area contributed by atoms with Crippen molar-refractivity contribution in [2.24, 2.45) is 0 Å². The summed E-state index contributed by atoms with van der Waals surface area (Å²) >= 11 is 12.2. The quantitative estimate of drug-likeness (QED) is 0.519. The molecule has 2 aromatic rings. The number of hydrogen-bond donors (Lipinski definition) is 1. The Morgan fingerprint density at radius 1 is 1.12 bits per heavy atom. The first-order chi connectivity index (χ1) is 15.2. The zero-order valence-electron chi connectivity index (χ0n) is 18.4. The number of urea groups is 1. The molecule has 6 nitrogen and oxygen atoms in total. The predicted molar refractivity (Wildman–Crippen MR) is 125 cm³/mol. The van der Waals surface area contributed by atoms with E-state index in [1.807, 2.05) is 24.3 Å². The lowest BCUT2D eigenvalue weighted by atomic mass is 9.94. The largest absolute Gasteiger partial charge is 0.487 e. The summed E-state index contributed by atoms with van der Waals surface area (Å²) in [4.78, 5) is 27.0. The summed E-state index contributed by atoms with van der Waals surface area (Å²) in [5.74, 6) is 0.502. The van der Waals surface area contributed by atoms with Crippen LogP contribution < -0.4 is 10.1 Å². The summed E-state index contributed by atoms with van der Waals surface area (Å²) in [5.41, 5.74) is 2.50. The van der Waals surface area contributed by atoms with E-state index in [2.05, 4.69) is 19.2 Å². The second kappa shape index (κ2) is 10.3. The van der Waals surface area contributed by atoms with Gasteiger partial charge < -0.3 is 14.8 Å². The molecule has 8 heteroatoms. The number of benzene rings is 2. The van der Waals surface area contributed by atoms with Crippen molar-refractivity contribution in [1.82, 2.24) is 10.2 Å². The van der Waals surface area contributed by atoms with E-state index >= 15 is 0 Å². The maximum absolute atomic E-state index is 13.0.